The molecule has 2 heterocycles. The molecular weight excluding hydrogens is 433 g/mol. The number of anilines is 1. The summed E-state index contributed by atoms with van der Waals surface area (Å²) in [5.41, 5.74) is 1.77. The summed E-state index contributed by atoms with van der Waals surface area (Å²) in [6, 6.07) is 5.99. The Morgan fingerprint density at radius 1 is 1.11 bits per heavy atom. The maximum Gasteiger partial charge on any atom is 0.573 e. The van der Waals surface area contributed by atoms with Gasteiger partial charge in [-0.15, -0.1) is 35.8 Å². The van der Waals surface area contributed by atoms with Crippen LogP contribution in [0.5, 0.6) is 5.75 Å². The molecule has 0 fully saturated rings. The third-order valence-corrected chi connectivity index (χ3v) is 7.27. The molecule has 5 nitrogen and oxygen atoms in total. The van der Waals surface area contributed by atoms with Crippen LogP contribution in [-0.4, -0.2) is 19.8 Å². The van der Waals surface area contributed by atoms with E-state index in [0.29, 0.717) is 5.56 Å². The Labute approximate surface area is 167 Å². The van der Waals surface area contributed by atoms with E-state index in [0.717, 1.165) is 34.2 Å². The Bertz CT molecular complexity index is 1060. The van der Waals surface area contributed by atoms with Gasteiger partial charge >= 0.3 is 6.36 Å². The van der Waals surface area contributed by atoms with E-state index in [1.807, 2.05) is 19.2 Å². The van der Waals surface area contributed by atoms with Gasteiger partial charge in [0, 0.05) is 22.0 Å². The van der Waals surface area contributed by atoms with E-state index in [1.54, 1.807) is 5.38 Å². The molecule has 3 aromatic rings. The Morgan fingerprint density at radius 2 is 1.79 bits per heavy atom. The molecule has 0 atom stereocenters. The fourth-order valence-electron chi connectivity index (χ4n) is 2.18. The van der Waals surface area contributed by atoms with Crippen LogP contribution >= 0.6 is 22.7 Å². The third-order valence-electron chi connectivity index (χ3n) is 3.54. The van der Waals surface area contributed by atoms with Crippen molar-refractivity contribution in [2.75, 3.05) is 4.72 Å². The molecule has 0 saturated carbocycles. The first-order chi connectivity index (χ1) is 13.0. The van der Waals surface area contributed by atoms with Crippen molar-refractivity contribution in [1.29, 1.82) is 0 Å². The van der Waals surface area contributed by atoms with E-state index in [9.17, 15) is 21.6 Å². The number of benzene rings is 1. The van der Waals surface area contributed by atoms with Crippen molar-refractivity contribution in [3.63, 3.8) is 0 Å². The van der Waals surface area contributed by atoms with Gasteiger partial charge in [-0.2, -0.15) is 0 Å². The molecule has 1 N–H and O–H groups in total. The molecule has 3 rings (SSSR count). The van der Waals surface area contributed by atoms with E-state index >= 15 is 0 Å². The Kier molecular flexibility index (Phi) is 5.69. The fourth-order valence-corrected chi connectivity index (χ4v) is 5.45. The van der Waals surface area contributed by atoms with Crippen LogP contribution < -0.4 is 9.46 Å². The molecular formula is C17H15F3N2O3S3. The zero-order chi connectivity index (χ0) is 20.5. The zero-order valence-corrected chi connectivity index (χ0v) is 17.1. The topological polar surface area (TPSA) is 68.3 Å². The van der Waals surface area contributed by atoms with Crippen molar-refractivity contribution in [3.8, 4) is 16.3 Å². The van der Waals surface area contributed by atoms with E-state index in [4.69, 9.17) is 0 Å². The number of thiazole rings is 1. The van der Waals surface area contributed by atoms with Gasteiger partial charge in [0.25, 0.3) is 10.0 Å². The van der Waals surface area contributed by atoms with Gasteiger partial charge < -0.3 is 4.74 Å². The molecule has 0 amide bonds. The van der Waals surface area contributed by atoms with Crippen molar-refractivity contribution in [1.82, 2.24) is 4.98 Å². The summed E-state index contributed by atoms with van der Waals surface area (Å²) in [5, 5.41) is 4.38. The largest absolute Gasteiger partial charge is 0.573 e. The first kappa shape index (κ1) is 20.6. The SMILES string of the molecule is CC(C)c1csc(-c2csc(S(=O)(=O)Nc3ccc(OC(F)(F)F)cc3)c2)n1. The molecule has 0 spiro atoms. The first-order valence-electron chi connectivity index (χ1n) is 7.96. The van der Waals surface area contributed by atoms with Gasteiger partial charge in [-0.3, -0.25) is 4.72 Å². The van der Waals surface area contributed by atoms with Crippen molar-refractivity contribution in [2.45, 2.75) is 30.3 Å². The third kappa shape index (κ3) is 5.03. The molecule has 0 aliphatic heterocycles. The van der Waals surface area contributed by atoms with Crippen LogP contribution in [0.3, 0.4) is 0 Å². The highest BCUT2D eigenvalue weighted by Crippen LogP contribution is 2.33. The number of thiophene rings is 1. The summed E-state index contributed by atoms with van der Waals surface area (Å²) >= 11 is 2.48. The number of halogens is 3. The van der Waals surface area contributed by atoms with Gasteiger partial charge in [0.2, 0.25) is 0 Å². The number of aromatic nitrogens is 1. The molecule has 0 radical (unpaired) electrons. The van der Waals surface area contributed by atoms with Crippen molar-refractivity contribution < 1.29 is 26.3 Å². The standard InChI is InChI=1S/C17H15F3N2O3S3/c1-10(2)14-9-27-16(21-14)11-7-15(26-8-11)28(23,24)22-12-3-5-13(6-4-12)25-17(18,19)20/h3-10,22H,1-2H3. The predicted molar refractivity (Wildman–Crippen MR) is 103 cm³/mol. The maximum absolute atomic E-state index is 12.5. The highest BCUT2D eigenvalue weighted by Gasteiger charge is 2.31. The van der Waals surface area contributed by atoms with Crippen LogP contribution in [0, 0.1) is 0 Å². The number of nitrogens with one attached hydrogen (secondary N) is 1. The van der Waals surface area contributed by atoms with E-state index < -0.39 is 22.1 Å². The minimum absolute atomic E-state index is 0.0828. The average Bonchev–Trinajstić information content (AvgIpc) is 3.24. The van der Waals surface area contributed by atoms with Crippen molar-refractivity contribution in [2.24, 2.45) is 0 Å². The minimum Gasteiger partial charge on any atom is -0.406 e. The summed E-state index contributed by atoms with van der Waals surface area (Å²) < 4.78 is 67.8. The number of sulfonamides is 1. The molecule has 2 aromatic heterocycles. The number of hydrogen-bond acceptors (Lipinski definition) is 6. The highest BCUT2D eigenvalue weighted by atomic mass is 32.2. The number of ether oxygens (including phenoxy) is 1. The molecule has 0 unspecified atom stereocenters. The highest BCUT2D eigenvalue weighted by molar-refractivity contribution is 7.94. The second-order valence-electron chi connectivity index (χ2n) is 6.06. The lowest BCUT2D eigenvalue weighted by atomic mass is 10.2. The van der Waals surface area contributed by atoms with Crippen LogP contribution in [0.1, 0.15) is 25.5 Å². The second kappa shape index (κ2) is 7.72. The summed E-state index contributed by atoms with van der Waals surface area (Å²) in [7, 11) is -3.88. The lowest BCUT2D eigenvalue weighted by Crippen LogP contribution is -2.17. The van der Waals surface area contributed by atoms with Crippen LogP contribution in [0.4, 0.5) is 18.9 Å². The van der Waals surface area contributed by atoms with Gasteiger partial charge in [-0.1, -0.05) is 13.8 Å². The van der Waals surface area contributed by atoms with E-state index in [2.05, 4.69) is 14.4 Å². The smallest absolute Gasteiger partial charge is 0.406 e. The number of rotatable bonds is 6. The van der Waals surface area contributed by atoms with E-state index in [1.165, 1.54) is 29.5 Å². The molecule has 0 saturated heterocycles. The average molecular weight is 449 g/mol. The molecule has 150 valence electrons. The first-order valence-corrected chi connectivity index (χ1v) is 11.2. The van der Waals surface area contributed by atoms with Crippen LogP contribution in [-0.2, 0) is 10.0 Å². The molecule has 0 aliphatic carbocycles. The zero-order valence-electron chi connectivity index (χ0n) is 14.6. The Hall–Kier alpha value is -2.11. The number of hydrogen-bond donors (Lipinski definition) is 1. The van der Waals surface area contributed by atoms with Crippen LogP contribution in [0.2, 0.25) is 0 Å². The second-order valence-corrected chi connectivity index (χ2v) is 9.74. The minimum atomic E-state index is -4.81. The predicted octanol–water partition coefficient (Wildman–Crippen LogP) is 5.69. The summed E-state index contributed by atoms with van der Waals surface area (Å²) in [4.78, 5) is 4.50. The molecule has 0 aliphatic rings. The monoisotopic (exact) mass is 448 g/mol. The maximum atomic E-state index is 12.5. The van der Waals surface area contributed by atoms with Gasteiger partial charge in [0.05, 0.1) is 5.69 Å². The molecule has 28 heavy (non-hydrogen) atoms. The molecule has 11 heteroatoms. The van der Waals surface area contributed by atoms with Gasteiger partial charge in [-0.25, -0.2) is 13.4 Å². The van der Waals surface area contributed by atoms with E-state index in [-0.39, 0.29) is 15.8 Å². The Morgan fingerprint density at radius 3 is 2.36 bits per heavy atom. The molecule has 0 bridgehead atoms. The lowest BCUT2D eigenvalue weighted by Gasteiger charge is -2.10. The van der Waals surface area contributed by atoms with Crippen molar-refractivity contribution >= 4 is 38.4 Å². The fraction of sp³-hybridized carbons (Fsp3) is 0.235. The lowest BCUT2D eigenvalue weighted by molar-refractivity contribution is -0.274. The van der Waals surface area contributed by atoms with Crippen LogP contribution in [0.15, 0.2) is 45.3 Å². The Balaban J connectivity index is 1.75. The quantitative estimate of drug-likeness (QED) is 0.526. The molecule has 1 aromatic carbocycles. The number of nitrogens with zero attached hydrogens (tertiary/aromatic N) is 1. The summed E-state index contributed by atoms with van der Waals surface area (Å²) in [6.45, 7) is 4.05. The normalized spacial score (nSPS) is 12.4. The van der Waals surface area contributed by atoms with Gasteiger partial charge in [-0.05, 0) is 36.2 Å². The summed E-state index contributed by atoms with van der Waals surface area (Å²) in [6.07, 6.45) is -4.81. The van der Waals surface area contributed by atoms with Crippen LogP contribution in [0.25, 0.3) is 10.6 Å². The number of alkyl halides is 3. The van der Waals surface area contributed by atoms with Gasteiger partial charge in [0.15, 0.2) is 0 Å². The van der Waals surface area contributed by atoms with Gasteiger partial charge in [0.1, 0.15) is 15.0 Å². The van der Waals surface area contributed by atoms with Crippen molar-refractivity contribution in [3.05, 3.63) is 46.8 Å². The summed E-state index contributed by atoms with van der Waals surface area (Å²) in [5.74, 6) is -0.156.